The van der Waals surface area contributed by atoms with Gasteiger partial charge >= 0.3 is 5.97 Å². The summed E-state index contributed by atoms with van der Waals surface area (Å²) in [5.74, 6) is -5.11. The van der Waals surface area contributed by atoms with Gasteiger partial charge in [0, 0.05) is 0 Å². The number of nitrogens with one attached hydrogen (secondary N) is 3. The van der Waals surface area contributed by atoms with Crippen LogP contribution in [-0.4, -0.2) is 77.1 Å². The minimum atomic E-state index is -1.62. The molecule has 0 bridgehead atoms. The first-order valence-corrected chi connectivity index (χ1v) is 10.5. The van der Waals surface area contributed by atoms with Crippen LogP contribution in [0.3, 0.4) is 0 Å². The number of carbonyl (C=O) groups is 5. The molecule has 13 nitrogen and oxygen atoms in total. The van der Waals surface area contributed by atoms with Gasteiger partial charge in [0.1, 0.15) is 18.1 Å². The van der Waals surface area contributed by atoms with E-state index in [9.17, 15) is 29.1 Å². The highest BCUT2D eigenvalue weighted by Gasteiger charge is 2.32. The average molecular weight is 461 g/mol. The van der Waals surface area contributed by atoms with Crippen LogP contribution >= 0.6 is 0 Å². The summed E-state index contributed by atoms with van der Waals surface area (Å²) < 4.78 is 0. The van der Waals surface area contributed by atoms with Gasteiger partial charge in [0.05, 0.1) is 19.1 Å². The fraction of sp³-hybridized carbons (Fsp3) is 0.737. The molecule has 13 heteroatoms. The minimum absolute atomic E-state index is 0.334. The van der Waals surface area contributed by atoms with Crippen LogP contribution in [0.5, 0.6) is 0 Å². The Morgan fingerprint density at radius 1 is 0.938 bits per heavy atom. The van der Waals surface area contributed by atoms with Crippen molar-refractivity contribution in [3.05, 3.63) is 0 Å². The van der Waals surface area contributed by atoms with Gasteiger partial charge in [-0.15, -0.1) is 0 Å². The van der Waals surface area contributed by atoms with Crippen molar-refractivity contribution in [2.75, 3.05) is 13.2 Å². The monoisotopic (exact) mass is 460 g/mol. The number of primary amides is 1. The van der Waals surface area contributed by atoms with E-state index in [0.717, 1.165) is 0 Å². The molecule has 32 heavy (non-hydrogen) atoms. The standard InChI is InChI=1S/C19H36N6O7/c1-3-10(2)15(25-16(28)11(21)6-4-5-7-20)18(30)24-13(9-26)17(29)23-12(19(31)32)8-14(22)27/h10-13,15,26H,3-9,20-21H2,1-2H3,(H2,22,27)(H,23,29)(H,24,30)(H,25,28)(H,31,32). The highest BCUT2D eigenvalue weighted by Crippen LogP contribution is 2.10. The van der Waals surface area contributed by atoms with E-state index < -0.39 is 66.8 Å². The third kappa shape index (κ3) is 10.5. The Bertz CT molecular complexity index is 660. The van der Waals surface area contributed by atoms with E-state index in [2.05, 4.69) is 10.6 Å². The van der Waals surface area contributed by atoms with Gasteiger partial charge in [0.25, 0.3) is 0 Å². The molecule has 0 aromatic rings. The Hall–Kier alpha value is -2.77. The highest BCUT2D eigenvalue weighted by atomic mass is 16.4. The van der Waals surface area contributed by atoms with Gasteiger partial charge in [-0.05, 0) is 25.3 Å². The number of unbranched alkanes of at least 4 members (excludes halogenated alkanes) is 1. The molecule has 11 N–H and O–H groups in total. The molecule has 0 saturated carbocycles. The van der Waals surface area contributed by atoms with E-state index >= 15 is 0 Å². The van der Waals surface area contributed by atoms with Crippen LogP contribution in [0.2, 0.25) is 0 Å². The third-order valence-electron chi connectivity index (χ3n) is 4.93. The molecule has 0 rings (SSSR count). The zero-order valence-corrected chi connectivity index (χ0v) is 18.5. The van der Waals surface area contributed by atoms with Crippen molar-refractivity contribution in [2.24, 2.45) is 23.1 Å². The maximum Gasteiger partial charge on any atom is 0.326 e. The molecule has 5 unspecified atom stereocenters. The van der Waals surface area contributed by atoms with Crippen LogP contribution in [0.25, 0.3) is 0 Å². The van der Waals surface area contributed by atoms with E-state index in [1.807, 2.05) is 5.32 Å². The predicted molar refractivity (Wildman–Crippen MR) is 115 cm³/mol. The molecule has 0 aliphatic heterocycles. The molecule has 0 radical (unpaired) electrons. The summed E-state index contributed by atoms with van der Waals surface area (Å²) in [5, 5.41) is 25.5. The van der Waals surface area contributed by atoms with Gasteiger partial charge in [-0.25, -0.2) is 4.79 Å². The lowest BCUT2D eigenvalue weighted by molar-refractivity contribution is -0.144. The zero-order chi connectivity index (χ0) is 24.8. The second-order valence-corrected chi connectivity index (χ2v) is 7.58. The van der Waals surface area contributed by atoms with Crippen molar-refractivity contribution in [1.29, 1.82) is 0 Å². The van der Waals surface area contributed by atoms with Crippen molar-refractivity contribution in [3.63, 3.8) is 0 Å². The molecule has 0 fully saturated rings. The van der Waals surface area contributed by atoms with Crippen LogP contribution < -0.4 is 33.2 Å². The maximum atomic E-state index is 12.8. The summed E-state index contributed by atoms with van der Waals surface area (Å²) in [6, 6.07) is -5.03. The number of carbonyl (C=O) groups excluding carboxylic acids is 4. The Morgan fingerprint density at radius 2 is 1.53 bits per heavy atom. The normalized spacial score (nSPS) is 15.5. The first-order valence-electron chi connectivity index (χ1n) is 10.5. The van der Waals surface area contributed by atoms with Gasteiger partial charge in [-0.2, -0.15) is 0 Å². The molecular formula is C19H36N6O7. The molecule has 4 amide bonds. The summed E-state index contributed by atoms with van der Waals surface area (Å²) in [6.45, 7) is 3.14. The van der Waals surface area contributed by atoms with Crippen LogP contribution in [-0.2, 0) is 24.0 Å². The zero-order valence-electron chi connectivity index (χ0n) is 18.5. The topological polar surface area (TPSA) is 240 Å². The van der Waals surface area contributed by atoms with Gasteiger partial charge in [0.2, 0.25) is 23.6 Å². The van der Waals surface area contributed by atoms with Gasteiger partial charge < -0.3 is 43.4 Å². The van der Waals surface area contributed by atoms with Gasteiger partial charge in [-0.3, -0.25) is 19.2 Å². The maximum absolute atomic E-state index is 12.8. The lowest BCUT2D eigenvalue weighted by Crippen LogP contribution is -2.59. The molecular weight excluding hydrogens is 424 g/mol. The largest absolute Gasteiger partial charge is 0.480 e. The Kier molecular flexibility index (Phi) is 13.8. The van der Waals surface area contributed by atoms with Gasteiger partial charge in [-0.1, -0.05) is 26.7 Å². The molecule has 0 aromatic carbocycles. The lowest BCUT2D eigenvalue weighted by atomic mass is 9.97. The third-order valence-corrected chi connectivity index (χ3v) is 4.93. The average Bonchev–Trinajstić information content (AvgIpc) is 2.73. The number of aliphatic hydroxyl groups is 1. The first kappa shape index (κ1) is 29.2. The lowest BCUT2D eigenvalue weighted by Gasteiger charge is -2.27. The SMILES string of the molecule is CCC(C)C(NC(=O)C(N)CCCCN)C(=O)NC(CO)C(=O)NC(CC(N)=O)C(=O)O. The number of aliphatic hydroxyl groups excluding tert-OH is 1. The number of rotatable bonds is 16. The Balaban J connectivity index is 5.23. The molecule has 0 heterocycles. The molecule has 0 aliphatic rings. The van der Waals surface area contributed by atoms with E-state index in [4.69, 9.17) is 22.3 Å². The first-order chi connectivity index (χ1) is 15.0. The fourth-order valence-corrected chi connectivity index (χ4v) is 2.73. The Morgan fingerprint density at radius 3 is 2.00 bits per heavy atom. The summed E-state index contributed by atoms with van der Waals surface area (Å²) in [4.78, 5) is 59.7. The number of hydrogen-bond donors (Lipinski definition) is 8. The molecule has 5 atom stereocenters. The number of amides is 4. The molecule has 0 aliphatic carbocycles. The van der Waals surface area contributed by atoms with Crippen LogP contribution in [0.4, 0.5) is 0 Å². The van der Waals surface area contributed by atoms with Gasteiger partial charge in [0.15, 0.2) is 0 Å². The molecule has 184 valence electrons. The van der Waals surface area contributed by atoms with E-state index in [-0.39, 0.29) is 5.92 Å². The van der Waals surface area contributed by atoms with Crippen LogP contribution in [0, 0.1) is 5.92 Å². The second-order valence-electron chi connectivity index (χ2n) is 7.58. The Labute approximate surface area is 186 Å². The smallest absolute Gasteiger partial charge is 0.326 e. The fourth-order valence-electron chi connectivity index (χ4n) is 2.73. The summed E-state index contributed by atoms with van der Waals surface area (Å²) in [7, 11) is 0. The summed E-state index contributed by atoms with van der Waals surface area (Å²) in [6.07, 6.45) is 1.58. The summed E-state index contributed by atoms with van der Waals surface area (Å²) >= 11 is 0. The summed E-state index contributed by atoms with van der Waals surface area (Å²) in [5.41, 5.74) is 16.2. The number of carboxylic acids is 1. The highest BCUT2D eigenvalue weighted by molar-refractivity contribution is 5.95. The predicted octanol–water partition coefficient (Wildman–Crippen LogP) is -3.10. The number of nitrogens with two attached hydrogens (primary N) is 3. The van der Waals surface area contributed by atoms with E-state index in [0.29, 0.717) is 32.2 Å². The van der Waals surface area contributed by atoms with Crippen LogP contribution in [0.1, 0.15) is 46.0 Å². The number of carboxylic acid groups (broad SMARTS) is 1. The van der Waals surface area contributed by atoms with Crippen molar-refractivity contribution in [3.8, 4) is 0 Å². The molecule has 0 spiro atoms. The van der Waals surface area contributed by atoms with Crippen molar-refractivity contribution in [1.82, 2.24) is 16.0 Å². The van der Waals surface area contributed by atoms with Crippen LogP contribution in [0.15, 0.2) is 0 Å². The number of hydrogen-bond acceptors (Lipinski definition) is 8. The van der Waals surface area contributed by atoms with Crippen molar-refractivity contribution in [2.45, 2.75) is 70.1 Å². The second kappa shape index (κ2) is 15.1. The molecule has 0 saturated heterocycles. The number of aliphatic carboxylic acids is 1. The van der Waals surface area contributed by atoms with E-state index in [1.165, 1.54) is 0 Å². The quantitative estimate of drug-likeness (QED) is 0.109. The molecule has 0 aromatic heterocycles. The van der Waals surface area contributed by atoms with Crippen molar-refractivity contribution >= 4 is 29.6 Å². The minimum Gasteiger partial charge on any atom is -0.480 e. The van der Waals surface area contributed by atoms with Crippen molar-refractivity contribution < 1.29 is 34.2 Å². The van der Waals surface area contributed by atoms with E-state index in [1.54, 1.807) is 13.8 Å².